The Morgan fingerprint density at radius 2 is 1.97 bits per heavy atom. The van der Waals surface area contributed by atoms with Crippen LogP contribution in [0.1, 0.15) is 24.8 Å². The largest absolute Gasteiger partial charge is 0.497 e. The van der Waals surface area contributed by atoms with Crippen molar-refractivity contribution < 1.29 is 13.2 Å². The van der Waals surface area contributed by atoms with Crippen molar-refractivity contribution in [3.8, 4) is 5.75 Å². The first-order chi connectivity index (χ1) is 15.5. The summed E-state index contributed by atoms with van der Waals surface area (Å²) in [6.45, 7) is 3.28. The maximum absolute atomic E-state index is 12.4. The highest BCUT2D eigenvalue weighted by atomic mass is 35.5. The molecule has 4 rings (SSSR count). The normalized spacial score (nSPS) is 15.1. The third-order valence-electron chi connectivity index (χ3n) is 5.85. The highest BCUT2D eigenvalue weighted by molar-refractivity contribution is 7.89. The summed E-state index contributed by atoms with van der Waals surface area (Å²) in [5, 5.41) is 1.92. The summed E-state index contributed by atoms with van der Waals surface area (Å²) in [5.41, 5.74) is 3.68. The van der Waals surface area contributed by atoms with E-state index in [1.165, 1.54) is 16.5 Å². The maximum Gasteiger partial charge on any atom is 0.240 e. The zero-order chi connectivity index (χ0) is 22.6. The highest BCUT2D eigenvalue weighted by Gasteiger charge is 2.16. The molecule has 170 valence electrons. The second-order valence-corrected chi connectivity index (χ2v) is 10.2. The van der Waals surface area contributed by atoms with E-state index in [4.69, 9.17) is 16.3 Å². The molecule has 1 aliphatic heterocycles. The van der Waals surface area contributed by atoms with E-state index in [1.54, 1.807) is 31.4 Å². The predicted octanol–water partition coefficient (Wildman–Crippen LogP) is 4.68. The molecule has 2 heterocycles. The molecule has 0 aliphatic carbocycles. The van der Waals surface area contributed by atoms with Crippen molar-refractivity contribution >= 4 is 38.1 Å². The molecule has 1 aliphatic rings. The van der Waals surface area contributed by atoms with Gasteiger partial charge in [-0.1, -0.05) is 17.7 Å². The van der Waals surface area contributed by atoms with Crippen molar-refractivity contribution in [3.63, 3.8) is 0 Å². The molecule has 2 N–H and O–H groups in total. The Kier molecular flexibility index (Phi) is 7.20. The van der Waals surface area contributed by atoms with Crippen molar-refractivity contribution in [2.75, 3.05) is 33.3 Å². The first kappa shape index (κ1) is 22.9. The lowest BCUT2D eigenvalue weighted by Crippen LogP contribution is -2.30. The van der Waals surface area contributed by atoms with Crippen LogP contribution in [-0.2, 0) is 10.0 Å². The van der Waals surface area contributed by atoms with Gasteiger partial charge in [0, 0.05) is 47.3 Å². The molecule has 6 nitrogen and oxygen atoms in total. The second kappa shape index (κ2) is 10.1. The van der Waals surface area contributed by atoms with Crippen LogP contribution < -0.4 is 9.46 Å². The highest BCUT2D eigenvalue weighted by Crippen LogP contribution is 2.30. The van der Waals surface area contributed by atoms with Crippen molar-refractivity contribution in [3.05, 3.63) is 65.3 Å². The number of nitrogens with zero attached hydrogens (tertiary/aromatic N) is 1. The monoisotopic (exact) mass is 473 g/mol. The summed E-state index contributed by atoms with van der Waals surface area (Å²) in [5.74, 6) is 0.635. The van der Waals surface area contributed by atoms with Crippen LogP contribution >= 0.6 is 11.6 Å². The molecule has 0 amide bonds. The SMILES string of the molecule is COc1ccc(S(=O)(=O)NCCCCN2CC=C(c3c[nH]c4ccc(Cl)cc34)CC2)cc1. The third kappa shape index (κ3) is 5.35. The number of hydrogen-bond donors (Lipinski definition) is 2. The van der Waals surface area contributed by atoms with Gasteiger partial charge in [0.25, 0.3) is 0 Å². The van der Waals surface area contributed by atoms with Gasteiger partial charge >= 0.3 is 0 Å². The first-order valence-electron chi connectivity index (χ1n) is 10.8. The minimum absolute atomic E-state index is 0.255. The topological polar surface area (TPSA) is 74.4 Å². The van der Waals surface area contributed by atoms with E-state index < -0.39 is 10.0 Å². The Morgan fingerprint density at radius 1 is 1.16 bits per heavy atom. The van der Waals surface area contributed by atoms with E-state index in [9.17, 15) is 8.42 Å². The van der Waals surface area contributed by atoms with Crippen LogP contribution in [0.2, 0.25) is 5.02 Å². The fourth-order valence-corrected chi connectivity index (χ4v) is 5.27. The zero-order valence-corrected chi connectivity index (χ0v) is 19.7. The van der Waals surface area contributed by atoms with Gasteiger partial charge in [0.15, 0.2) is 0 Å². The summed E-state index contributed by atoms with van der Waals surface area (Å²) in [6, 6.07) is 12.3. The number of rotatable bonds is 9. The average Bonchev–Trinajstić information content (AvgIpc) is 3.22. The molecule has 0 fully saturated rings. The summed E-state index contributed by atoms with van der Waals surface area (Å²) in [7, 11) is -1.93. The van der Waals surface area contributed by atoms with Gasteiger partial charge in [-0.3, -0.25) is 4.90 Å². The quantitative estimate of drug-likeness (QED) is 0.442. The Balaban J connectivity index is 1.23. The van der Waals surface area contributed by atoms with Crippen LogP contribution in [0.4, 0.5) is 0 Å². The number of benzene rings is 2. The number of ether oxygens (including phenoxy) is 1. The molecular formula is C24H28ClN3O3S. The molecule has 0 unspecified atom stereocenters. The molecule has 0 atom stereocenters. The number of aromatic amines is 1. The molecule has 0 spiro atoms. The Morgan fingerprint density at radius 3 is 2.69 bits per heavy atom. The van der Waals surface area contributed by atoms with Crippen LogP contribution in [0.25, 0.3) is 16.5 Å². The lowest BCUT2D eigenvalue weighted by Gasteiger charge is -2.26. The number of fused-ring (bicyclic) bond motifs is 1. The molecule has 1 aromatic heterocycles. The van der Waals surface area contributed by atoms with Gasteiger partial charge in [0.1, 0.15) is 5.75 Å². The van der Waals surface area contributed by atoms with E-state index in [2.05, 4.69) is 26.9 Å². The third-order valence-corrected chi connectivity index (χ3v) is 7.56. The van der Waals surface area contributed by atoms with Crippen molar-refractivity contribution in [2.24, 2.45) is 0 Å². The number of aromatic nitrogens is 1. The molecule has 8 heteroatoms. The molecule has 0 saturated heterocycles. The van der Waals surface area contributed by atoms with Gasteiger partial charge in [0.2, 0.25) is 10.0 Å². The van der Waals surface area contributed by atoms with E-state index in [0.29, 0.717) is 12.3 Å². The number of hydrogen-bond acceptors (Lipinski definition) is 4. The fraction of sp³-hybridized carbons (Fsp3) is 0.333. The molecule has 0 radical (unpaired) electrons. The van der Waals surface area contributed by atoms with Gasteiger partial charge in [-0.15, -0.1) is 0 Å². The summed E-state index contributed by atoms with van der Waals surface area (Å²) < 4.78 is 32.5. The standard InChI is InChI=1S/C24H28ClN3O3S/c1-31-20-5-7-21(8-6-20)32(29,30)27-12-2-3-13-28-14-10-18(11-15-28)23-17-26-24-9-4-19(25)16-22(23)24/h4-10,16-17,26-27H,2-3,11-15H2,1H3. The number of halogens is 1. The Bertz CT molecular complexity index is 1200. The van der Waals surface area contributed by atoms with E-state index in [0.717, 1.165) is 49.4 Å². The number of sulfonamides is 1. The van der Waals surface area contributed by atoms with Crippen molar-refractivity contribution in [2.45, 2.75) is 24.2 Å². The number of methoxy groups -OCH3 is 1. The van der Waals surface area contributed by atoms with Crippen LogP contribution in [0.3, 0.4) is 0 Å². The minimum Gasteiger partial charge on any atom is -0.497 e. The van der Waals surface area contributed by atoms with E-state index in [1.807, 2.05) is 18.2 Å². The molecule has 0 bridgehead atoms. The van der Waals surface area contributed by atoms with E-state index in [-0.39, 0.29) is 4.90 Å². The smallest absolute Gasteiger partial charge is 0.240 e. The Hall–Kier alpha value is -2.32. The summed E-state index contributed by atoms with van der Waals surface area (Å²) >= 11 is 6.18. The van der Waals surface area contributed by atoms with Crippen LogP contribution in [0.15, 0.2) is 59.6 Å². The van der Waals surface area contributed by atoms with Crippen LogP contribution in [0, 0.1) is 0 Å². The zero-order valence-electron chi connectivity index (χ0n) is 18.1. The van der Waals surface area contributed by atoms with Crippen LogP contribution in [0.5, 0.6) is 5.75 Å². The molecule has 0 saturated carbocycles. The van der Waals surface area contributed by atoms with Crippen molar-refractivity contribution in [1.82, 2.24) is 14.6 Å². The molecule has 3 aromatic rings. The Labute approximate surface area is 194 Å². The number of nitrogens with one attached hydrogen (secondary N) is 2. The van der Waals surface area contributed by atoms with Gasteiger partial charge in [-0.2, -0.15) is 0 Å². The van der Waals surface area contributed by atoms with Crippen molar-refractivity contribution in [1.29, 1.82) is 0 Å². The van der Waals surface area contributed by atoms with Gasteiger partial charge in [-0.25, -0.2) is 13.1 Å². The van der Waals surface area contributed by atoms with Gasteiger partial charge in [-0.05, 0) is 73.8 Å². The summed E-state index contributed by atoms with van der Waals surface area (Å²) in [6.07, 6.45) is 7.08. The van der Waals surface area contributed by atoms with Crippen LogP contribution in [-0.4, -0.2) is 51.6 Å². The minimum atomic E-state index is -3.49. The first-order valence-corrected chi connectivity index (χ1v) is 12.6. The second-order valence-electron chi connectivity index (χ2n) is 7.95. The molecular weight excluding hydrogens is 446 g/mol. The number of unbranched alkanes of at least 4 members (excludes halogenated alkanes) is 1. The lowest BCUT2D eigenvalue weighted by atomic mass is 9.99. The lowest BCUT2D eigenvalue weighted by molar-refractivity contribution is 0.295. The molecule has 2 aromatic carbocycles. The maximum atomic E-state index is 12.4. The van der Waals surface area contributed by atoms with Gasteiger partial charge in [0.05, 0.1) is 12.0 Å². The number of H-pyrrole nitrogens is 1. The fourth-order valence-electron chi connectivity index (χ4n) is 4.02. The van der Waals surface area contributed by atoms with Gasteiger partial charge < -0.3 is 9.72 Å². The predicted molar refractivity (Wildman–Crippen MR) is 130 cm³/mol. The van der Waals surface area contributed by atoms with E-state index >= 15 is 0 Å². The average molecular weight is 474 g/mol. The summed E-state index contributed by atoms with van der Waals surface area (Å²) in [4.78, 5) is 5.99. The molecule has 32 heavy (non-hydrogen) atoms.